The highest BCUT2D eigenvalue weighted by Gasteiger charge is 2.20. The monoisotopic (exact) mass is 694 g/mol. The van der Waals surface area contributed by atoms with E-state index in [1.54, 1.807) is 12.7 Å². The van der Waals surface area contributed by atoms with Crippen molar-refractivity contribution in [1.29, 1.82) is 0 Å². The summed E-state index contributed by atoms with van der Waals surface area (Å²) < 4.78 is 4.29. The van der Waals surface area contributed by atoms with Gasteiger partial charge in [0.1, 0.15) is 35.3 Å². The van der Waals surface area contributed by atoms with E-state index in [-0.39, 0.29) is 0 Å². The molecule has 4 heterocycles. The van der Waals surface area contributed by atoms with Gasteiger partial charge in [0.15, 0.2) is 11.3 Å². The standard InChI is InChI=1S/C46H30N8/c1-3-11-33(12-4-1)37-15-7-9-17-39(37)45-51-43-41(27-47-29-49-43)53(45)35-23-19-31(20-24-35)32-21-25-36(26-22-32)54-42-28-48-30-50-44(42)52-46(54)40-18-10-8-16-38(40)34-13-5-2-6-14-34/h1-30H. The molecule has 0 fully saturated rings. The molecule has 0 aliphatic rings. The highest BCUT2D eigenvalue weighted by atomic mass is 15.1. The number of rotatable bonds is 7. The van der Waals surface area contributed by atoms with Crippen LogP contribution in [0.25, 0.3) is 89.9 Å². The average Bonchev–Trinajstić information content (AvgIpc) is 3.84. The van der Waals surface area contributed by atoms with Crippen LogP contribution >= 0.6 is 0 Å². The third-order valence-corrected chi connectivity index (χ3v) is 9.76. The summed E-state index contributed by atoms with van der Waals surface area (Å²) in [5, 5.41) is 0. The molecule has 0 atom stereocenters. The highest BCUT2D eigenvalue weighted by Crippen LogP contribution is 2.37. The van der Waals surface area contributed by atoms with Gasteiger partial charge in [-0.05, 0) is 57.6 Å². The van der Waals surface area contributed by atoms with Gasteiger partial charge in [-0.1, -0.05) is 133 Å². The Morgan fingerprint density at radius 1 is 0.333 bits per heavy atom. The normalized spacial score (nSPS) is 11.3. The van der Waals surface area contributed by atoms with Crippen LogP contribution in [0.5, 0.6) is 0 Å². The van der Waals surface area contributed by atoms with Gasteiger partial charge in [0.05, 0.1) is 12.4 Å². The van der Waals surface area contributed by atoms with Crippen LogP contribution < -0.4 is 0 Å². The minimum Gasteiger partial charge on any atom is -0.289 e. The largest absolute Gasteiger partial charge is 0.289 e. The summed E-state index contributed by atoms with van der Waals surface area (Å²) in [7, 11) is 0. The molecule has 0 amide bonds. The zero-order valence-electron chi connectivity index (χ0n) is 28.9. The molecule has 0 radical (unpaired) electrons. The maximum atomic E-state index is 5.03. The molecule has 4 aromatic heterocycles. The number of fused-ring (bicyclic) bond motifs is 2. The number of nitrogens with zero attached hydrogens (tertiary/aromatic N) is 8. The smallest absolute Gasteiger partial charge is 0.181 e. The molecule has 0 N–H and O–H groups in total. The van der Waals surface area contributed by atoms with Crippen molar-refractivity contribution in [3.05, 3.63) is 183 Å². The first kappa shape index (κ1) is 31.2. The van der Waals surface area contributed by atoms with Crippen molar-refractivity contribution in [2.45, 2.75) is 0 Å². The van der Waals surface area contributed by atoms with E-state index in [4.69, 9.17) is 9.97 Å². The molecule has 54 heavy (non-hydrogen) atoms. The van der Waals surface area contributed by atoms with E-state index in [2.05, 4.69) is 175 Å². The molecule has 8 nitrogen and oxygen atoms in total. The molecule has 10 rings (SSSR count). The predicted octanol–water partition coefficient (Wildman–Crippen LogP) is 10.3. The fourth-order valence-corrected chi connectivity index (χ4v) is 7.23. The van der Waals surface area contributed by atoms with Crippen LogP contribution in [0.15, 0.2) is 183 Å². The van der Waals surface area contributed by atoms with Gasteiger partial charge < -0.3 is 0 Å². The van der Waals surface area contributed by atoms with E-state index >= 15 is 0 Å². The van der Waals surface area contributed by atoms with Crippen LogP contribution in [0.3, 0.4) is 0 Å². The summed E-state index contributed by atoms with van der Waals surface area (Å²) in [6.45, 7) is 0. The van der Waals surface area contributed by atoms with Crippen molar-refractivity contribution >= 4 is 22.3 Å². The van der Waals surface area contributed by atoms with Gasteiger partial charge in [0, 0.05) is 22.5 Å². The molecule has 0 bridgehead atoms. The summed E-state index contributed by atoms with van der Waals surface area (Å²) in [5.74, 6) is 1.62. The Morgan fingerprint density at radius 2 is 0.704 bits per heavy atom. The van der Waals surface area contributed by atoms with Crippen LogP contribution in [-0.2, 0) is 0 Å². The molecule has 0 spiro atoms. The third kappa shape index (κ3) is 5.41. The Labute approximate surface area is 310 Å². The Kier molecular flexibility index (Phi) is 7.62. The zero-order valence-corrected chi connectivity index (χ0v) is 28.9. The minimum atomic E-state index is 0.644. The number of aromatic nitrogens is 8. The molecule has 10 aromatic rings. The van der Waals surface area contributed by atoms with Gasteiger partial charge >= 0.3 is 0 Å². The second kappa shape index (κ2) is 13.2. The number of imidazole rings is 2. The van der Waals surface area contributed by atoms with Crippen LogP contribution in [0.1, 0.15) is 0 Å². The lowest BCUT2D eigenvalue weighted by atomic mass is 9.99. The highest BCUT2D eigenvalue weighted by molar-refractivity contribution is 5.88. The average molecular weight is 695 g/mol. The molecule has 254 valence electrons. The molecule has 0 saturated heterocycles. The molecule has 0 saturated carbocycles. The minimum absolute atomic E-state index is 0.644. The Hall–Kier alpha value is -7.58. The predicted molar refractivity (Wildman–Crippen MR) is 214 cm³/mol. The van der Waals surface area contributed by atoms with Crippen molar-refractivity contribution in [3.63, 3.8) is 0 Å². The van der Waals surface area contributed by atoms with E-state index in [1.807, 2.05) is 24.5 Å². The molecular formula is C46H30N8. The molecule has 8 heteroatoms. The Bertz CT molecular complexity index is 2710. The Balaban J connectivity index is 1.03. The molecule has 0 aliphatic heterocycles. The van der Waals surface area contributed by atoms with Gasteiger partial charge in [0.2, 0.25) is 0 Å². The summed E-state index contributed by atoms with van der Waals surface area (Å²) in [5.41, 5.74) is 13.6. The van der Waals surface area contributed by atoms with Gasteiger partial charge in [-0.3, -0.25) is 9.13 Å². The van der Waals surface area contributed by atoms with E-state index in [0.29, 0.717) is 11.3 Å². The molecule has 6 aromatic carbocycles. The van der Waals surface area contributed by atoms with Crippen molar-refractivity contribution in [2.75, 3.05) is 0 Å². The van der Waals surface area contributed by atoms with Crippen LogP contribution in [0.4, 0.5) is 0 Å². The Morgan fingerprint density at radius 3 is 1.11 bits per heavy atom. The molecule has 0 aliphatic carbocycles. The van der Waals surface area contributed by atoms with Gasteiger partial charge in [-0.25, -0.2) is 29.9 Å². The fraction of sp³-hybridized carbons (Fsp3) is 0. The second-order valence-corrected chi connectivity index (χ2v) is 12.9. The van der Waals surface area contributed by atoms with Crippen molar-refractivity contribution < 1.29 is 0 Å². The van der Waals surface area contributed by atoms with Crippen LogP contribution in [-0.4, -0.2) is 39.0 Å². The number of hydrogen-bond acceptors (Lipinski definition) is 6. The molecular weight excluding hydrogens is 665 g/mol. The lowest BCUT2D eigenvalue weighted by Gasteiger charge is -2.14. The van der Waals surface area contributed by atoms with Crippen molar-refractivity contribution in [1.82, 2.24) is 39.0 Å². The first-order chi connectivity index (χ1) is 26.8. The first-order valence-corrected chi connectivity index (χ1v) is 17.7. The van der Waals surface area contributed by atoms with Crippen LogP contribution in [0, 0.1) is 0 Å². The SMILES string of the molecule is c1ccc(-c2ccccc2-c2nc3ncncc3n2-c2ccc(-c3ccc(-n4c(-c5ccccc5-c5ccccc5)nc5ncncc54)cc3)cc2)cc1. The van der Waals surface area contributed by atoms with E-state index in [9.17, 15) is 0 Å². The quantitative estimate of drug-likeness (QED) is 0.165. The maximum Gasteiger partial charge on any atom is 0.181 e. The lowest BCUT2D eigenvalue weighted by molar-refractivity contribution is 1.09. The van der Waals surface area contributed by atoms with E-state index in [0.717, 1.165) is 78.6 Å². The van der Waals surface area contributed by atoms with Gasteiger partial charge in [-0.2, -0.15) is 0 Å². The summed E-state index contributed by atoms with van der Waals surface area (Å²) >= 11 is 0. The maximum absolute atomic E-state index is 5.03. The summed E-state index contributed by atoms with van der Waals surface area (Å²) in [6.07, 6.45) is 6.75. The van der Waals surface area contributed by atoms with E-state index < -0.39 is 0 Å². The number of hydrogen-bond donors (Lipinski definition) is 0. The fourth-order valence-electron chi connectivity index (χ4n) is 7.23. The van der Waals surface area contributed by atoms with Crippen LogP contribution in [0.2, 0.25) is 0 Å². The summed E-state index contributed by atoms with van der Waals surface area (Å²) in [4.78, 5) is 27.8. The first-order valence-electron chi connectivity index (χ1n) is 17.7. The second-order valence-electron chi connectivity index (χ2n) is 12.9. The topological polar surface area (TPSA) is 87.2 Å². The zero-order chi connectivity index (χ0) is 35.8. The summed E-state index contributed by atoms with van der Waals surface area (Å²) in [6, 6.07) is 54.6. The number of benzene rings is 6. The van der Waals surface area contributed by atoms with Gasteiger partial charge in [0.25, 0.3) is 0 Å². The third-order valence-electron chi connectivity index (χ3n) is 9.76. The van der Waals surface area contributed by atoms with Crippen molar-refractivity contribution in [3.8, 4) is 67.5 Å². The molecule has 0 unspecified atom stereocenters. The van der Waals surface area contributed by atoms with Gasteiger partial charge in [-0.15, -0.1) is 0 Å². The van der Waals surface area contributed by atoms with E-state index in [1.165, 1.54) is 0 Å². The van der Waals surface area contributed by atoms with Crippen molar-refractivity contribution in [2.24, 2.45) is 0 Å². The lowest BCUT2D eigenvalue weighted by Crippen LogP contribution is -2.00.